The smallest absolute Gasteiger partial charge is 0.258 e. The Balaban J connectivity index is 1.69. The minimum absolute atomic E-state index is 0.0543. The Bertz CT molecular complexity index is 1370. The second-order valence-electron chi connectivity index (χ2n) is 7.28. The van der Waals surface area contributed by atoms with Gasteiger partial charge >= 0.3 is 0 Å². The number of nitrogens with zero attached hydrogens (tertiary/aromatic N) is 2. The monoisotopic (exact) mass is 449 g/mol. The number of hydrogen-bond acceptors (Lipinski definition) is 5. The highest BCUT2D eigenvalue weighted by atomic mass is 32.2. The van der Waals surface area contributed by atoms with E-state index in [1.54, 1.807) is 36.4 Å². The highest BCUT2D eigenvalue weighted by Crippen LogP contribution is 2.21. The van der Waals surface area contributed by atoms with Crippen LogP contribution in [0.3, 0.4) is 0 Å². The van der Waals surface area contributed by atoms with Crippen LogP contribution in [0.15, 0.2) is 88.6 Å². The molecule has 164 valence electrons. The van der Waals surface area contributed by atoms with Crippen LogP contribution in [0.25, 0.3) is 10.9 Å². The molecule has 3 aromatic carbocycles. The van der Waals surface area contributed by atoms with E-state index in [9.17, 15) is 13.2 Å². The van der Waals surface area contributed by atoms with Gasteiger partial charge in [-0.15, -0.1) is 0 Å². The number of methoxy groups -OCH3 is 1. The van der Waals surface area contributed by atoms with Gasteiger partial charge in [0, 0.05) is 6.54 Å². The predicted octanol–water partition coefficient (Wildman–Crippen LogP) is 3.37. The van der Waals surface area contributed by atoms with Crippen molar-refractivity contribution < 1.29 is 13.2 Å². The predicted molar refractivity (Wildman–Crippen MR) is 123 cm³/mol. The quantitative estimate of drug-likeness (QED) is 0.445. The third-order valence-corrected chi connectivity index (χ3v) is 7.04. The van der Waals surface area contributed by atoms with Crippen LogP contribution < -0.4 is 10.3 Å². The molecule has 0 aliphatic heterocycles. The first-order valence-corrected chi connectivity index (χ1v) is 11.6. The van der Waals surface area contributed by atoms with Crippen molar-refractivity contribution in [3.63, 3.8) is 0 Å². The maximum Gasteiger partial charge on any atom is 0.258 e. The fraction of sp³-hybridized carbons (Fsp3) is 0.167. The zero-order valence-corrected chi connectivity index (χ0v) is 18.4. The Kier molecular flexibility index (Phi) is 6.34. The molecule has 0 radical (unpaired) electrons. The van der Waals surface area contributed by atoms with Gasteiger partial charge in [0.25, 0.3) is 5.56 Å². The Morgan fingerprint density at radius 1 is 0.938 bits per heavy atom. The maximum absolute atomic E-state index is 13.5. The van der Waals surface area contributed by atoms with Crippen molar-refractivity contribution in [2.45, 2.75) is 17.9 Å². The standard InChI is InChI=1S/C24H23N3O4S/c1-31-19-11-13-20(14-12-19)32(29,30)27(16-15-18-7-3-2-4-8-18)17-23-25-22-10-6-5-9-21(22)24(28)26-23/h2-14H,15-17H2,1H3,(H,25,26,28). The molecular formula is C24H23N3O4S. The minimum Gasteiger partial charge on any atom is -0.497 e. The molecule has 0 atom stereocenters. The molecule has 4 aromatic rings. The average molecular weight is 450 g/mol. The zero-order valence-electron chi connectivity index (χ0n) is 17.6. The van der Waals surface area contributed by atoms with Crippen molar-refractivity contribution in [2.75, 3.05) is 13.7 Å². The van der Waals surface area contributed by atoms with Crippen LogP contribution in [0, 0.1) is 0 Å². The topological polar surface area (TPSA) is 92.4 Å². The van der Waals surface area contributed by atoms with Gasteiger partial charge in [-0.25, -0.2) is 13.4 Å². The van der Waals surface area contributed by atoms with E-state index in [2.05, 4.69) is 9.97 Å². The van der Waals surface area contributed by atoms with Crippen LogP contribution in [0.5, 0.6) is 5.75 Å². The third kappa shape index (κ3) is 4.71. The van der Waals surface area contributed by atoms with Crippen LogP contribution >= 0.6 is 0 Å². The molecule has 0 aliphatic carbocycles. The molecule has 4 rings (SSSR count). The minimum atomic E-state index is -3.84. The van der Waals surface area contributed by atoms with E-state index in [0.29, 0.717) is 28.9 Å². The molecule has 1 heterocycles. The largest absolute Gasteiger partial charge is 0.497 e. The van der Waals surface area contributed by atoms with Crippen LogP contribution in [-0.4, -0.2) is 36.3 Å². The number of aromatic nitrogens is 2. The summed E-state index contributed by atoms with van der Waals surface area (Å²) >= 11 is 0. The van der Waals surface area contributed by atoms with Gasteiger partial charge in [0.05, 0.1) is 29.5 Å². The highest BCUT2D eigenvalue weighted by molar-refractivity contribution is 7.89. The molecule has 0 bridgehead atoms. The fourth-order valence-corrected chi connectivity index (χ4v) is 4.86. The van der Waals surface area contributed by atoms with Crippen LogP contribution in [0.4, 0.5) is 0 Å². The average Bonchev–Trinajstić information content (AvgIpc) is 2.82. The third-order valence-electron chi connectivity index (χ3n) is 5.18. The lowest BCUT2D eigenvalue weighted by atomic mass is 10.1. The number of fused-ring (bicyclic) bond motifs is 1. The normalized spacial score (nSPS) is 11.7. The highest BCUT2D eigenvalue weighted by Gasteiger charge is 2.25. The summed E-state index contributed by atoms with van der Waals surface area (Å²) in [6.45, 7) is 0.177. The molecule has 0 saturated carbocycles. The number of benzene rings is 3. The van der Waals surface area contributed by atoms with Gasteiger partial charge in [0.15, 0.2) is 0 Å². The number of sulfonamides is 1. The summed E-state index contributed by atoms with van der Waals surface area (Å²) in [6, 6.07) is 22.9. The molecule has 0 aliphatic rings. The van der Waals surface area contributed by atoms with Gasteiger partial charge in [-0.1, -0.05) is 42.5 Å². The first-order valence-electron chi connectivity index (χ1n) is 10.1. The van der Waals surface area contributed by atoms with E-state index in [4.69, 9.17) is 4.74 Å². The number of para-hydroxylation sites is 1. The number of nitrogens with one attached hydrogen (secondary N) is 1. The van der Waals surface area contributed by atoms with Gasteiger partial charge in [-0.05, 0) is 48.4 Å². The van der Waals surface area contributed by atoms with E-state index in [-0.39, 0.29) is 23.5 Å². The van der Waals surface area contributed by atoms with E-state index in [1.165, 1.54) is 23.5 Å². The lowest BCUT2D eigenvalue weighted by Crippen LogP contribution is -2.34. The summed E-state index contributed by atoms with van der Waals surface area (Å²) in [7, 11) is -2.32. The number of ether oxygens (including phenoxy) is 1. The zero-order chi connectivity index (χ0) is 22.6. The van der Waals surface area contributed by atoms with E-state index in [0.717, 1.165) is 5.56 Å². The van der Waals surface area contributed by atoms with Gasteiger partial charge in [-0.2, -0.15) is 4.31 Å². The summed E-state index contributed by atoms with van der Waals surface area (Å²) in [5.41, 5.74) is 1.24. The maximum atomic E-state index is 13.5. The van der Waals surface area contributed by atoms with Crippen molar-refractivity contribution in [1.82, 2.24) is 14.3 Å². The van der Waals surface area contributed by atoms with Crippen molar-refractivity contribution in [3.8, 4) is 5.75 Å². The molecule has 0 amide bonds. The van der Waals surface area contributed by atoms with Gasteiger partial charge in [0.1, 0.15) is 11.6 Å². The fourth-order valence-electron chi connectivity index (χ4n) is 3.46. The van der Waals surface area contributed by atoms with Crippen molar-refractivity contribution in [3.05, 3.63) is 101 Å². The lowest BCUT2D eigenvalue weighted by molar-refractivity contribution is 0.399. The molecule has 0 saturated heterocycles. The molecule has 7 nitrogen and oxygen atoms in total. The van der Waals surface area contributed by atoms with E-state index in [1.807, 2.05) is 30.3 Å². The number of H-pyrrole nitrogens is 1. The lowest BCUT2D eigenvalue weighted by Gasteiger charge is -2.22. The van der Waals surface area contributed by atoms with Gasteiger partial charge in [0.2, 0.25) is 10.0 Å². The number of aromatic amines is 1. The molecule has 1 aromatic heterocycles. The van der Waals surface area contributed by atoms with E-state index < -0.39 is 10.0 Å². The second kappa shape index (κ2) is 9.33. The Hall–Kier alpha value is -3.49. The first kappa shape index (κ1) is 21.7. The number of hydrogen-bond donors (Lipinski definition) is 1. The molecule has 32 heavy (non-hydrogen) atoms. The molecule has 0 fully saturated rings. The number of rotatable bonds is 8. The van der Waals surface area contributed by atoms with Crippen LogP contribution in [0.1, 0.15) is 11.4 Å². The summed E-state index contributed by atoms with van der Waals surface area (Å²) in [6.07, 6.45) is 0.522. The summed E-state index contributed by atoms with van der Waals surface area (Å²) in [4.78, 5) is 19.8. The van der Waals surface area contributed by atoms with Crippen LogP contribution in [0.2, 0.25) is 0 Å². The molecule has 0 unspecified atom stereocenters. The van der Waals surface area contributed by atoms with E-state index >= 15 is 0 Å². The molecule has 0 spiro atoms. The van der Waals surface area contributed by atoms with Crippen molar-refractivity contribution >= 4 is 20.9 Å². The summed E-state index contributed by atoms with van der Waals surface area (Å²) in [5.74, 6) is 0.860. The molecule has 8 heteroatoms. The first-order chi connectivity index (χ1) is 15.5. The Morgan fingerprint density at radius 2 is 1.62 bits per heavy atom. The summed E-state index contributed by atoms with van der Waals surface area (Å²) in [5, 5.41) is 0.463. The molecule has 1 N–H and O–H groups in total. The van der Waals surface area contributed by atoms with Gasteiger partial charge in [-0.3, -0.25) is 4.79 Å². The summed E-state index contributed by atoms with van der Waals surface area (Å²) < 4.78 is 33.4. The van der Waals surface area contributed by atoms with Crippen LogP contribution in [-0.2, 0) is 23.0 Å². The Morgan fingerprint density at radius 3 is 2.34 bits per heavy atom. The second-order valence-corrected chi connectivity index (χ2v) is 9.22. The SMILES string of the molecule is COc1ccc(S(=O)(=O)N(CCc2ccccc2)Cc2nc3ccccc3c(=O)[nH]2)cc1. The Labute approximate surface area is 186 Å². The van der Waals surface area contributed by atoms with Crippen molar-refractivity contribution in [2.24, 2.45) is 0 Å². The molecular weight excluding hydrogens is 426 g/mol. The van der Waals surface area contributed by atoms with Crippen molar-refractivity contribution in [1.29, 1.82) is 0 Å². The van der Waals surface area contributed by atoms with Gasteiger partial charge < -0.3 is 9.72 Å².